The molecule has 0 spiro atoms. The van der Waals surface area contributed by atoms with E-state index in [0.717, 1.165) is 0 Å². The maximum absolute atomic E-state index is 10.2. The smallest absolute Gasteiger partial charge is 0.354 e. The zero-order chi connectivity index (χ0) is 6.69. The Bertz CT molecular complexity index is 217. The van der Waals surface area contributed by atoms with Crippen LogP contribution in [0.1, 0.15) is 0 Å². The summed E-state index contributed by atoms with van der Waals surface area (Å²) in [6, 6.07) is 0. The summed E-state index contributed by atoms with van der Waals surface area (Å²) in [5, 5.41) is 8.36. The third-order valence-corrected chi connectivity index (χ3v) is 2.41. The molecule has 0 saturated carbocycles. The van der Waals surface area contributed by atoms with Crippen LogP contribution in [0.5, 0.6) is 0 Å². The van der Waals surface area contributed by atoms with E-state index in [4.69, 9.17) is 5.11 Å². The van der Waals surface area contributed by atoms with Crippen LogP contribution in [0.4, 0.5) is 0 Å². The fourth-order valence-electron chi connectivity index (χ4n) is 0.367. The summed E-state index contributed by atoms with van der Waals surface area (Å²) in [6.07, 6.45) is 1.55. The van der Waals surface area contributed by atoms with Gasteiger partial charge in [-0.15, -0.1) is 0 Å². The molecule has 48 valence electrons. The summed E-state index contributed by atoms with van der Waals surface area (Å²) in [7, 11) is 0. The van der Waals surface area contributed by atoms with Crippen molar-refractivity contribution in [2.24, 2.45) is 4.99 Å². The van der Waals surface area contributed by atoms with Gasteiger partial charge >= 0.3 is 5.97 Å². The van der Waals surface area contributed by atoms with E-state index in [9.17, 15) is 4.79 Å². The zero-order valence-corrected chi connectivity index (χ0v) is 6.57. The molecule has 1 heterocycles. The van der Waals surface area contributed by atoms with Gasteiger partial charge in [0.2, 0.25) is 0 Å². The van der Waals surface area contributed by atoms with Crippen molar-refractivity contribution in [3.05, 3.63) is 10.3 Å². The standard InChI is InChI=1S/C5H4INO2/c8-5(9)4-3-6-1-2-7-4/h1-3H,(H,8,9). The number of hydrogen-bond donors (Lipinski definition) is 1. The topological polar surface area (TPSA) is 49.7 Å². The summed E-state index contributed by atoms with van der Waals surface area (Å²) in [5.41, 5.74) is 0.185. The van der Waals surface area contributed by atoms with Crippen molar-refractivity contribution in [3.8, 4) is 0 Å². The van der Waals surface area contributed by atoms with E-state index in [1.165, 1.54) is 0 Å². The van der Waals surface area contributed by atoms with Gasteiger partial charge in [-0.2, -0.15) is 0 Å². The van der Waals surface area contributed by atoms with Gasteiger partial charge in [0.05, 0.1) is 0 Å². The number of nitrogens with zero attached hydrogens (tertiary/aromatic N) is 1. The van der Waals surface area contributed by atoms with Crippen LogP contribution in [-0.4, -0.2) is 20.8 Å². The van der Waals surface area contributed by atoms with Gasteiger partial charge in [0.15, 0.2) is 5.71 Å². The van der Waals surface area contributed by atoms with E-state index in [-0.39, 0.29) is 26.4 Å². The van der Waals surface area contributed by atoms with Crippen molar-refractivity contribution in [1.29, 1.82) is 0 Å². The maximum atomic E-state index is 10.2. The number of rotatable bonds is 1. The van der Waals surface area contributed by atoms with Gasteiger partial charge in [-0.25, -0.2) is 9.79 Å². The molecule has 0 aliphatic carbocycles. The molecule has 0 bridgehead atoms. The molecule has 1 aliphatic heterocycles. The molecule has 9 heavy (non-hydrogen) atoms. The summed E-state index contributed by atoms with van der Waals surface area (Å²) in [6.45, 7) is 0. The number of hydrogen-bond acceptors (Lipinski definition) is 2. The third kappa shape index (κ3) is 1.70. The van der Waals surface area contributed by atoms with Crippen molar-refractivity contribution in [2.75, 3.05) is 0 Å². The highest BCUT2D eigenvalue weighted by Crippen LogP contribution is 2.02. The highest BCUT2D eigenvalue weighted by Gasteiger charge is 2.03. The Morgan fingerprint density at radius 3 is 2.89 bits per heavy atom. The molecule has 0 radical (unpaired) electrons. The second-order valence-corrected chi connectivity index (χ2v) is 3.39. The number of carboxylic acids is 1. The SMILES string of the molecule is O=C(O)C1=NC=CI=C1. The highest BCUT2D eigenvalue weighted by molar-refractivity contribution is 14.2. The minimum Gasteiger partial charge on any atom is -0.476 e. The first-order valence-electron chi connectivity index (χ1n) is 2.22. The van der Waals surface area contributed by atoms with Gasteiger partial charge in [0, 0.05) is 10.2 Å². The predicted molar refractivity (Wildman–Crippen MR) is 44.3 cm³/mol. The average Bonchev–Trinajstić information content (AvgIpc) is 1.90. The van der Waals surface area contributed by atoms with E-state index >= 15 is 0 Å². The maximum Gasteiger partial charge on any atom is 0.354 e. The normalized spacial score (nSPS) is 16.2. The Kier molecular flexibility index (Phi) is 2.10. The molecular formula is C5H4INO2. The van der Waals surface area contributed by atoms with Crippen LogP contribution in [0.3, 0.4) is 0 Å². The second kappa shape index (κ2) is 2.86. The molecule has 0 aromatic heterocycles. The first-order chi connectivity index (χ1) is 4.30. The number of aliphatic imine (C=N–C) groups is 1. The Hall–Kier alpha value is -0.520. The molecular weight excluding hydrogens is 233 g/mol. The molecule has 4 heteroatoms. The summed E-state index contributed by atoms with van der Waals surface area (Å²) in [5.74, 6) is -0.931. The van der Waals surface area contributed by atoms with E-state index in [1.807, 2.05) is 4.08 Å². The predicted octanol–water partition coefficient (Wildman–Crippen LogP) is 0.770. The number of halogens is 1. The second-order valence-electron chi connectivity index (χ2n) is 1.33. The largest absolute Gasteiger partial charge is 0.476 e. The lowest BCUT2D eigenvalue weighted by Crippen LogP contribution is -2.13. The minimum atomic E-state index is -0.931. The molecule has 3 nitrogen and oxygen atoms in total. The fraction of sp³-hybridized carbons (Fsp3) is 0. The Balaban J connectivity index is 2.84. The third-order valence-electron chi connectivity index (χ3n) is 0.728. The Labute approximate surface area is 61.9 Å². The van der Waals surface area contributed by atoms with E-state index < -0.39 is 5.97 Å². The molecule has 0 saturated heterocycles. The monoisotopic (exact) mass is 237 g/mol. The molecule has 0 fully saturated rings. The van der Waals surface area contributed by atoms with Gasteiger partial charge in [-0.1, -0.05) is 20.7 Å². The molecule has 0 aromatic carbocycles. The van der Waals surface area contributed by atoms with Gasteiger partial charge in [0.1, 0.15) is 0 Å². The van der Waals surface area contributed by atoms with Crippen LogP contribution in [0.25, 0.3) is 0 Å². The van der Waals surface area contributed by atoms with Crippen LogP contribution in [-0.2, 0) is 4.79 Å². The zero-order valence-electron chi connectivity index (χ0n) is 4.41. The van der Waals surface area contributed by atoms with Gasteiger partial charge in [-0.05, 0) is 4.08 Å². The molecule has 0 atom stereocenters. The van der Waals surface area contributed by atoms with Gasteiger partial charge < -0.3 is 5.11 Å². The van der Waals surface area contributed by atoms with E-state index in [2.05, 4.69) is 4.99 Å². The van der Waals surface area contributed by atoms with Crippen LogP contribution < -0.4 is 0 Å². The van der Waals surface area contributed by atoms with Crippen molar-refractivity contribution in [1.82, 2.24) is 0 Å². The van der Waals surface area contributed by atoms with Crippen LogP contribution in [0, 0.1) is 0 Å². The van der Waals surface area contributed by atoms with Crippen LogP contribution in [0.2, 0.25) is 0 Å². The molecule has 1 rings (SSSR count). The lowest BCUT2D eigenvalue weighted by molar-refractivity contribution is -0.129. The number of carbonyl (C=O) groups is 1. The summed E-state index contributed by atoms with van der Waals surface area (Å²) in [4.78, 5) is 13.8. The van der Waals surface area contributed by atoms with Crippen molar-refractivity contribution < 1.29 is 9.90 Å². The lowest BCUT2D eigenvalue weighted by Gasteiger charge is -1.91. The molecule has 0 amide bonds. The highest BCUT2D eigenvalue weighted by atomic mass is 127. The molecule has 0 aromatic rings. The Morgan fingerprint density at radius 1 is 1.78 bits per heavy atom. The first-order valence-corrected chi connectivity index (χ1v) is 4.71. The van der Waals surface area contributed by atoms with Gasteiger partial charge in [0.25, 0.3) is 0 Å². The minimum absolute atomic E-state index is 0.176. The molecule has 1 N–H and O–H groups in total. The van der Waals surface area contributed by atoms with Crippen molar-refractivity contribution in [2.45, 2.75) is 0 Å². The Morgan fingerprint density at radius 2 is 2.56 bits per heavy atom. The summed E-state index contributed by atoms with van der Waals surface area (Å²) >= 11 is -0.176. The molecule has 1 aliphatic rings. The van der Waals surface area contributed by atoms with Crippen LogP contribution in [0.15, 0.2) is 15.3 Å². The van der Waals surface area contributed by atoms with Gasteiger partial charge in [-0.3, -0.25) is 0 Å². The quantitative estimate of drug-likeness (QED) is 0.684. The van der Waals surface area contributed by atoms with Crippen molar-refractivity contribution in [3.63, 3.8) is 0 Å². The summed E-state index contributed by atoms with van der Waals surface area (Å²) < 4.78 is 3.59. The fourth-order valence-corrected chi connectivity index (χ4v) is 1.69. The molecule has 0 unspecified atom stereocenters. The average molecular weight is 237 g/mol. The first kappa shape index (κ1) is 6.60. The number of carboxylic acid groups (broad SMARTS) is 1. The van der Waals surface area contributed by atoms with E-state index in [1.54, 1.807) is 10.2 Å². The van der Waals surface area contributed by atoms with Crippen LogP contribution >= 0.6 is 20.7 Å². The lowest BCUT2D eigenvalue weighted by atomic mass is 10.4. The number of aliphatic carboxylic acids is 1. The van der Waals surface area contributed by atoms with E-state index in [0.29, 0.717) is 0 Å². The van der Waals surface area contributed by atoms with Crippen molar-refractivity contribution >= 4 is 36.4 Å².